The number of nitrogens with zero attached hydrogens (tertiary/aromatic N) is 1. The topological polar surface area (TPSA) is 20.3 Å². The van der Waals surface area contributed by atoms with Crippen LogP contribution >= 0.6 is 11.6 Å². The van der Waals surface area contributed by atoms with Crippen LogP contribution in [0.3, 0.4) is 0 Å². The molecule has 2 aromatic rings. The van der Waals surface area contributed by atoms with Gasteiger partial charge in [0.25, 0.3) is 0 Å². The molecule has 0 aliphatic rings. The average Bonchev–Trinajstić information content (AvgIpc) is 2.41. The van der Waals surface area contributed by atoms with E-state index in [1.165, 1.54) is 0 Å². The molecule has 2 rings (SSSR count). The summed E-state index contributed by atoms with van der Waals surface area (Å²) in [6, 6.07) is 19.1. The van der Waals surface area contributed by atoms with Crippen LogP contribution in [0.15, 0.2) is 60.7 Å². The fraction of sp³-hybridized carbons (Fsp3) is 0.133. The van der Waals surface area contributed by atoms with Gasteiger partial charge < -0.3 is 4.90 Å². The standard InChI is InChI=1S/C15H14ClNO/c1-12(15(16)18)17(13-8-4-2-5-9-13)14-10-6-3-7-11-14/h2-12H,1H3. The Morgan fingerprint density at radius 2 is 1.33 bits per heavy atom. The highest BCUT2D eigenvalue weighted by molar-refractivity contribution is 6.65. The predicted octanol–water partition coefficient (Wildman–Crippen LogP) is 3.98. The van der Waals surface area contributed by atoms with E-state index in [-0.39, 0.29) is 5.24 Å². The van der Waals surface area contributed by atoms with E-state index in [0.29, 0.717) is 0 Å². The first-order valence-electron chi connectivity index (χ1n) is 5.79. The SMILES string of the molecule is CC(C(=O)Cl)N(c1ccccc1)c1ccccc1. The summed E-state index contributed by atoms with van der Waals surface area (Å²) in [6.45, 7) is 1.80. The van der Waals surface area contributed by atoms with Crippen molar-refractivity contribution in [3.05, 3.63) is 60.7 Å². The van der Waals surface area contributed by atoms with Crippen molar-refractivity contribution in [1.29, 1.82) is 0 Å². The molecule has 2 nitrogen and oxygen atoms in total. The van der Waals surface area contributed by atoms with Crippen LogP contribution in [0.2, 0.25) is 0 Å². The predicted molar refractivity (Wildman–Crippen MR) is 75.3 cm³/mol. The van der Waals surface area contributed by atoms with Crippen LogP contribution in [-0.2, 0) is 4.79 Å². The van der Waals surface area contributed by atoms with Gasteiger partial charge in [-0.05, 0) is 42.8 Å². The number of hydrogen-bond acceptors (Lipinski definition) is 2. The molecule has 0 fully saturated rings. The summed E-state index contributed by atoms with van der Waals surface area (Å²) in [7, 11) is 0. The Morgan fingerprint density at radius 3 is 1.67 bits per heavy atom. The van der Waals surface area contributed by atoms with Crippen molar-refractivity contribution in [2.45, 2.75) is 13.0 Å². The summed E-state index contributed by atoms with van der Waals surface area (Å²) >= 11 is 5.64. The molecule has 0 spiro atoms. The maximum Gasteiger partial charge on any atom is 0.244 e. The molecule has 1 unspecified atom stereocenters. The quantitative estimate of drug-likeness (QED) is 0.774. The number of carbonyl (C=O) groups is 1. The number of para-hydroxylation sites is 2. The van der Waals surface area contributed by atoms with Crippen LogP contribution in [0.4, 0.5) is 11.4 Å². The van der Waals surface area contributed by atoms with Crippen molar-refractivity contribution in [3.63, 3.8) is 0 Å². The second-order valence-corrected chi connectivity index (χ2v) is 4.39. The van der Waals surface area contributed by atoms with Gasteiger partial charge in [-0.15, -0.1) is 0 Å². The Hall–Kier alpha value is -1.80. The maximum absolute atomic E-state index is 11.5. The smallest absolute Gasteiger partial charge is 0.244 e. The van der Waals surface area contributed by atoms with E-state index in [1.807, 2.05) is 65.6 Å². The lowest BCUT2D eigenvalue weighted by atomic mass is 10.2. The van der Waals surface area contributed by atoms with E-state index in [0.717, 1.165) is 11.4 Å². The van der Waals surface area contributed by atoms with Gasteiger partial charge in [0.05, 0.1) is 0 Å². The van der Waals surface area contributed by atoms with Crippen molar-refractivity contribution in [2.75, 3.05) is 4.90 Å². The summed E-state index contributed by atoms with van der Waals surface area (Å²) in [5.74, 6) is 0. The molecule has 0 amide bonds. The van der Waals surface area contributed by atoms with Gasteiger partial charge in [-0.3, -0.25) is 4.79 Å². The summed E-state index contributed by atoms with van der Waals surface area (Å²) < 4.78 is 0. The summed E-state index contributed by atoms with van der Waals surface area (Å²) in [4.78, 5) is 13.4. The molecule has 3 heteroatoms. The maximum atomic E-state index is 11.5. The van der Waals surface area contributed by atoms with Crippen LogP contribution in [0.25, 0.3) is 0 Å². The lowest BCUT2D eigenvalue weighted by molar-refractivity contribution is -0.112. The van der Waals surface area contributed by atoms with Gasteiger partial charge in [0.2, 0.25) is 5.24 Å². The zero-order valence-corrected chi connectivity index (χ0v) is 10.8. The number of rotatable bonds is 4. The Morgan fingerprint density at radius 1 is 0.944 bits per heavy atom. The molecule has 0 radical (unpaired) electrons. The minimum absolute atomic E-state index is 0.372. The Bertz CT molecular complexity index is 473. The van der Waals surface area contributed by atoms with E-state index in [4.69, 9.17) is 11.6 Å². The van der Waals surface area contributed by atoms with Crippen molar-refractivity contribution in [2.24, 2.45) is 0 Å². The molecule has 0 saturated heterocycles. The van der Waals surface area contributed by atoms with E-state index in [1.54, 1.807) is 6.92 Å². The molecule has 0 aliphatic heterocycles. The van der Waals surface area contributed by atoms with Crippen LogP contribution in [0, 0.1) is 0 Å². The molecule has 0 aromatic heterocycles. The van der Waals surface area contributed by atoms with Crippen LogP contribution < -0.4 is 4.90 Å². The molecule has 18 heavy (non-hydrogen) atoms. The van der Waals surface area contributed by atoms with Crippen LogP contribution in [0.1, 0.15) is 6.92 Å². The largest absolute Gasteiger partial charge is 0.330 e. The highest BCUT2D eigenvalue weighted by Gasteiger charge is 2.21. The first-order chi connectivity index (χ1) is 8.70. The molecular formula is C15H14ClNO. The van der Waals surface area contributed by atoms with Gasteiger partial charge in [-0.25, -0.2) is 0 Å². The van der Waals surface area contributed by atoms with E-state index in [9.17, 15) is 4.79 Å². The van der Waals surface area contributed by atoms with E-state index < -0.39 is 6.04 Å². The van der Waals surface area contributed by atoms with Crippen molar-refractivity contribution in [3.8, 4) is 0 Å². The monoisotopic (exact) mass is 259 g/mol. The third kappa shape index (κ3) is 2.71. The third-order valence-electron chi connectivity index (χ3n) is 2.78. The number of anilines is 2. The highest BCUT2D eigenvalue weighted by Crippen LogP contribution is 2.28. The zero-order valence-electron chi connectivity index (χ0n) is 10.1. The molecule has 92 valence electrons. The van der Waals surface area contributed by atoms with E-state index >= 15 is 0 Å². The number of benzene rings is 2. The lowest BCUT2D eigenvalue weighted by Crippen LogP contribution is -2.33. The van der Waals surface area contributed by atoms with Crippen LogP contribution in [0.5, 0.6) is 0 Å². The number of carbonyl (C=O) groups excluding carboxylic acids is 1. The Kier molecular flexibility index (Phi) is 4.00. The van der Waals surface area contributed by atoms with Crippen molar-refractivity contribution < 1.29 is 4.79 Å². The summed E-state index contributed by atoms with van der Waals surface area (Å²) in [6.07, 6.45) is 0. The molecule has 1 atom stereocenters. The molecular weight excluding hydrogens is 246 g/mol. The van der Waals surface area contributed by atoms with Gasteiger partial charge in [-0.1, -0.05) is 36.4 Å². The second kappa shape index (κ2) is 5.69. The van der Waals surface area contributed by atoms with Crippen molar-refractivity contribution in [1.82, 2.24) is 0 Å². The third-order valence-corrected chi connectivity index (χ3v) is 3.10. The number of halogens is 1. The first-order valence-corrected chi connectivity index (χ1v) is 6.16. The van der Waals surface area contributed by atoms with Gasteiger partial charge in [0.1, 0.15) is 6.04 Å². The minimum atomic E-state index is -0.406. The fourth-order valence-corrected chi connectivity index (χ4v) is 1.97. The molecule has 0 N–H and O–H groups in total. The highest BCUT2D eigenvalue weighted by atomic mass is 35.5. The molecule has 0 heterocycles. The Labute approximate surface area is 112 Å². The van der Waals surface area contributed by atoms with Crippen LogP contribution in [-0.4, -0.2) is 11.3 Å². The summed E-state index contributed by atoms with van der Waals surface area (Å²) in [5.41, 5.74) is 1.90. The van der Waals surface area contributed by atoms with E-state index in [2.05, 4.69) is 0 Å². The normalized spacial score (nSPS) is 11.9. The van der Waals surface area contributed by atoms with Gasteiger partial charge in [-0.2, -0.15) is 0 Å². The van der Waals surface area contributed by atoms with Gasteiger partial charge in [0.15, 0.2) is 0 Å². The van der Waals surface area contributed by atoms with Gasteiger partial charge in [0, 0.05) is 11.4 Å². The Balaban J connectivity index is 2.45. The summed E-state index contributed by atoms with van der Waals surface area (Å²) in [5, 5.41) is -0.372. The lowest BCUT2D eigenvalue weighted by Gasteiger charge is -2.29. The molecule has 0 saturated carbocycles. The second-order valence-electron chi connectivity index (χ2n) is 4.02. The zero-order chi connectivity index (χ0) is 13.0. The van der Waals surface area contributed by atoms with Gasteiger partial charge >= 0.3 is 0 Å². The van der Waals surface area contributed by atoms with Crippen molar-refractivity contribution >= 4 is 28.2 Å². The first kappa shape index (κ1) is 12.7. The molecule has 2 aromatic carbocycles. The number of hydrogen-bond donors (Lipinski definition) is 0. The molecule has 0 aliphatic carbocycles. The molecule has 0 bridgehead atoms. The fourth-order valence-electron chi connectivity index (χ4n) is 1.87. The minimum Gasteiger partial charge on any atom is -0.330 e. The average molecular weight is 260 g/mol.